The number of hydrogen-bond donors (Lipinski definition) is 0. The molecular weight excluding hydrogens is 318 g/mol. The van der Waals surface area contributed by atoms with E-state index in [-0.39, 0.29) is 5.60 Å². The van der Waals surface area contributed by atoms with Crippen LogP contribution >= 0.6 is 11.3 Å². The van der Waals surface area contributed by atoms with Crippen LogP contribution in [0, 0.1) is 6.92 Å². The van der Waals surface area contributed by atoms with Crippen LogP contribution in [-0.4, -0.2) is 34.4 Å². The normalized spacial score (nSPS) is 20.2. The summed E-state index contributed by atoms with van der Waals surface area (Å²) >= 11 is 1.89. The molecule has 4 rings (SSSR count). The van der Waals surface area contributed by atoms with Crippen LogP contribution < -0.4 is 0 Å². The first-order valence-corrected chi connectivity index (χ1v) is 9.65. The van der Waals surface area contributed by atoms with Gasteiger partial charge in [-0.05, 0) is 36.8 Å². The molecule has 2 aliphatic heterocycles. The lowest BCUT2D eigenvalue weighted by atomic mass is 9.82. The summed E-state index contributed by atoms with van der Waals surface area (Å²) in [6, 6.07) is 2.29. The average molecular weight is 343 g/mol. The first kappa shape index (κ1) is 16.1. The predicted octanol–water partition coefficient (Wildman–Crippen LogP) is 3.50. The number of aromatic nitrogens is 2. The van der Waals surface area contributed by atoms with Crippen LogP contribution in [0.15, 0.2) is 30.3 Å². The number of piperidine rings is 1. The average Bonchev–Trinajstić information content (AvgIpc) is 3.18. The maximum absolute atomic E-state index is 6.30. The summed E-state index contributed by atoms with van der Waals surface area (Å²) in [4.78, 5) is 4.08. The van der Waals surface area contributed by atoms with Crippen molar-refractivity contribution in [1.29, 1.82) is 0 Å². The van der Waals surface area contributed by atoms with E-state index in [0.717, 1.165) is 57.7 Å². The molecule has 0 unspecified atom stereocenters. The third-order valence-electron chi connectivity index (χ3n) is 5.37. The van der Waals surface area contributed by atoms with E-state index in [2.05, 4.69) is 41.1 Å². The fourth-order valence-electron chi connectivity index (χ4n) is 4.02. The standard InChI is InChI=1S/C19H25N3OS/c1-3-8-22-14-16(15(2)20-22)13-21-9-6-19(7-10-21)17-5-12-24-18(17)4-11-23-19/h3,5,12,14H,1,4,6-11,13H2,2H3. The molecule has 4 heterocycles. The molecule has 4 nitrogen and oxygen atoms in total. The number of likely N-dealkylation sites (tertiary alicyclic amines) is 1. The van der Waals surface area contributed by atoms with Crippen molar-refractivity contribution in [1.82, 2.24) is 14.7 Å². The molecule has 0 bridgehead atoms. The van der Waals surface area contributed by atoms with Gasteiger partial charge in [0.1, 0.15) is 0 Å². The molecule has 1 spiro atoms. The van der Waals surface area contributed by atoms with Gasteiger partial charge >= 0.3 is 0 Å². The minimum absolute atomic E-state index is 0.0217. The minimum atomic E-state index is -0.0217. The highest BCUT2D eigenvalue weighted by atomic mass is 32.1. The van der Waals surface area contributed by atoms with E-state index in [9.17, 15) is 0 Å². The van der Waals surface area contributed by atoms with Gasteiger partial charge in [-0.15, -0.1) is 17.9 Å². The molecule has 0 N–H and O–H groups in total. The van der Waals surface area contributed by atoms with E-state index >= 15 is 0 Å². The quantitative estimate of drug-likeness (QED) is 0.796. The predicted molar refractivity (Wildman–Crippen MR) is 97.3 cm³/mol. The Morgan fingerprint density at radius 1 is 1.42 bits per heavy atom. The summed E-state index contributed by atoms with van der Waals surface area (Å²) in [6.45, 7) is 10.7. The second-order valence-corrected chi connectivity index (χ2v) is 7.88. The van der Waals surface area contributed by atoms with Crippen molar-refractivity contribution in [2.45, 2.75) is 44.9 Å². The van der Waals surface area contributed by atoms with E-state index in [0.29, 0.717) is 0 Å². The molecule has 0 aromatic carbocycles. The molecule has 1 saturated heterocycles. The molecule has 24 heavy (non-hydrogen) atoms. The summed E-state index contributed by atoms with van der Waals surface area (Å²) in [5.41, 5.74) is 3.90. The van der Waals surface area contributed by atoms with Gasteiger partial charge in [-0.3, -0.25) is 9.58 Å². The number of nitrogens with zero attached hydrogens (tertiary/aromatic N) is 3. The minimum Gasteiger partial charge on any atom is -0.370 e. The van der Waals surface area contributed by atoms with Gasteiger partial charge in [0.05, 0.1) is 24.4 Å². The number of thiophene rings is 1. The molecule has 0 atom stereocenters. The Balaban J connectivity index is 1.43. The van der Waals surface area contributed by atoms with Crippen LogP contribution in [0.3, 0.4) is 0 Å². The lowest BCUT2D eigenvalue weighted by molar-refractivity contribution is -0.0980. The van der Waals surface area contributed by atoms with E-state index in [1.54, 1.807) is 0 Å². The number of fused-ring (bicyclic) bond motifs is 2. The SMILES string of the molecule is C=CCn1cc(CN2CCC3(CC2)OCCc2sccc23)c(C)n1. The molecule has 128 valence electrons. The molecule has 1 fully saturated rings. The second-order valence-electron chi connectivity index (χ2n) is 6.88. The van der Waals surface area contributed by atoms with Crippen molar-refractivity contribution in [3.05, 3.63) is 52.0 Å². The van der Waals surface area contributed by atoms with Gasteiger partial charge in [0.2, 0.25) is 0 Å². The highest BCUT2D eigenvalue weighted by Crippen LogP contribution is 2.43. The highest BCUT2D eigenvalue weighted by Gasteiger charge is 2.41. The largest absolute Gasteiger partial charge is 0.370 e. The molecule has 0 radical (unpaired) electrons. The third-order valence-corrected chi connectivity index (χ3v) is 6.35. The zero-order chi connectivity index (χ0) is 16.6. The van der Waals surface area contributed by atoms with Crippen molar-refractivity contribution in [3.63, 3.8) is 0 Å². The van der Waals surface area contributed by atoms with Crippen molar-refractivity contribution >= 4 is 11.3 Å². The molecule has 2 aromatic rings. The number of aryl methyl sites for hydroxylation is 1. The molecular formula is C19H25N3OS. The lowest BCUT2D eigenvalue weighted by Crippen LogP contribution is -2.45. The Morgan fingerprint density at radius 2 is 2.25 bits per heavy atom. The van der Waals surface area contributed by atoms with E-state index in [4.69, 9.17) is 4.74 Å². The highest BCUT2D eigenvalue weighted by molar-refractivity contribution is 7.10. The van der Waals surface area contributed by atoms with Gasteiger partial charge in [0.25, 0.3) is 0 Å². The Morgan fingerprint density at radius 3 is 3.04 bits per heavy atom. The first-order chi connectivity index (χ1) is 11.7. The Labute approximate surface area is 147 Å². The molecule has 0 aliphatic carbocycles. The van der Waals surface area contributed by atoms with Gasteiger partial charge in [0, 0.05) is 42.7 Å². The van der Waals surface area contributed by atoms with Gasteiger partial charge in [-0.1, -0.05) is 6.08 Å². The van der Waals surface area contributed by atoms with Crippen molar-refractivity contribution < 1.29 is 4.74 Å². The topological polar surface area (TPSA) is 30.3 Å². The number of ether oxygens (including phenoxy) is 1. The van der Waals surface area contributed by atoms with E-state index < -0.39 is 0 Å². The van der Waals surface area contributed by atoms with Crippen LogP contribution in [-0.2, 0) is 29.8 Å². The van der Waals surface area contributed by atoms with Crippen LogP contribution in [0.4, 0.5) is 0 Å². The zero-order valence-corrected chi connectivity index (χ0v) is 15.1. The lowest BCUT2D eigenvalue weighted by Gasteiger charge is -2.44. The molecule has 0 amide bonds. The molecule has 5 heteroatoms. The van der Waals surface area contributed by atoms with Crippen molar-refractivity contribution in [2.75, 3.05) is 19.7 Å². The molecule has 0 saturated carbocycles. The fraction of sp³-hybridized carbons (Fsp3) is 0.526. The zero-order valence-electron chi connectivity index (χ0n) is 14.3. The maximum atomic E-state index is 6.30. The Kier molecular flexibility index (Phi) is 4.33. The number of hydrogen-bond acceptors (Lipinski definition) is 4. The Hall–Kier alpha value is -1.43. The monoisotopic (exact) mass is 343 g/mol. The summed E-state index contributed by atoms with van der Waals surface area (Å²) in [6.07, 6.45) is 7.32. The van der Waals surface area contributed by atoms with Crippen LogP contribution in [0.1, 0.15) is 34.5 Å². The third kappa shape index (κ3) is 2.85. The second kappa shape index (κ2) is 6.47. The fourth-order valence-corrected chi connectivity index (χ4v) is 4.97. The van der Waals surface area contributed by atoms with Gasteiger partial charge in [-0.2, -0.15) is 5.10 Å². The molecule has 2 aliphatic rings. The van der Waals surface area contributed by atoms with Gasteiger partial charge in [0.15, 0.2) is 0 Å². The summed E-state index contributed by atoms with van der Waals surface area (Å²) in [5, 5.41) is 6.79. The van der Waals surface area contributed by atoms with Crippen LogP contribution in [0.5, 0.6) is 0 Å². The number of allylic oxidation sites excluding steroid dienone is 1. The summed E-state index contributed by atoms with van der Waals surface area (Å²) in [7, 11) is 0. The summed E-state index contributed by atoms with van der Waals surface area (Å²) in [5.74, 6) is 0. The van der Waals surface area contributed by atoms with Crippen molar-refractivity contribution in [3.8, 4) is 0 Å². The Bertz CT molecular complexity index is 725. The van der Waals surface area contributed by atoms with E-state index in [1.807, 2.05) is 22.1 Å². The first-order valence-electron chi connectivity index (χ1n) is 8.77. The van der Waals surface area contributed by atoms with Gasteiger partial charge < -0.3 is 4.74 Å². The van der Waals surface area contributed by atoms with Crippen molar-refractivity contribution in [2.24, 2.45) is 0 Å². The smallest absolute Gasteiger partial charge is 0.0966 e. The summed E-state index contributed by atoms with van der Waals surface area (Å²) < 4.78 is 8.28. The van der Waals surface area contributed by atoms with E-state index in [1.165, 1.54) is 16.0 Å². The van der Waals surface area contributed by atoms with Crippen LogP contribution in [0.25, 0.3) is 0 Å². The van der Waals surface area contributed by atoms with Gasteiger partial charge in [-0.25, -0.2) is 0 Å². The maximum Gasteiger partial charge on any atom is 0.0966 e. The molecule has 2 aromatic heterocycles. The van der Waals surface area contributed by atoms with Crippen LogP contribution in [0.2, 0.25) is 0 Å². The number of rotatable bonds is 4.